The Morgan fingerprint density at radius 2 is 2.07 bits per heavy atom. The first-order valence-corrected chi connectivity index (χ1v) is 9.95. The summed E-state index contributed by atoms with van der Waals surface area (Å²) in [6.45, 7) is 5.96. The van der Waals surface area contributed by atoms with Crippen molar-refractivity contribution in [3.8, 4) is 17.3 Å². The maximum absolute atomic E-state index is 12.7. The van der Waals surface area contributed by atoms with E-state index in [0.29, 0.717) is 41.5 Å². The van der Waals surface area contributed by atoms with Crippen molar-refractivity contribution in [2.45, 2.75) is 26.8 Å². The lowest BCUT2D eigenvalue weighted by Crippen LogP contribution is -2.20. The molecule has 0 aromatic carbocycles. The van der Waals surface area contributed by atoms with Crippen LogP contribution in [-0.4, -0.2) is 56.9 Å². The van der Waals surface area contributed by atoms with Crippen molar-refractivity contribution >= 4 is 33.6 Å². The van der Waals surface area contributed by atoms with Gasteiger partial charge in [0.25, 0.3) is 5.56 Å². The van der Waals surface area contributed by atoms with Crippen LogP contribution in [0, 0.1) is 3.57 Å². The number of halogens is 1. The van der Waals surface area contributed by atoms with E-state index in [9.17, 15) is 4.79 Å². The van der Waals surface area contributed by atoms with E-state index in [0.717, 1.165) is 22.2 Å². The van der Waals surface area contributed by atoms with Crippen molar-refractivity contribution in [2.24, 2.45) is 0 Å². The molecule has 0 saturated carbocycles. The highest BCUT2D eigenvalue weighted by Gasteiger charge is 2.18. The molecule has 8 nitrogen and oxygen atoms in total. The molecule has 0 bridgehead atoms. The summed E-state index contributed by atoms with van der Waals surface area (Å²) in [7, 11) is 4.02. The quantitative estimate of drug-likeness (QED) is 0.520. The van der Waals surface area contributed by atoms with Crippen LogP contribution in [0.15, 0.2) is 17.1 Å². The number of H-pyrrole nitrogens is 1. The van der Waals surface area contributed by atoms with Crippen molar-refractivity contribution in [2.75, 3.05) is 27.2 Å². The Labute approximate surface area is 171 Å². The molecule has 3 heterocycles. The molecule has 0 unspecified atom stereocenters. The number of fused-ring (bicyclic) bond motifs is 1. The van der Waals surface area contributed by atoms with E-state index in [4.69, 9.17) is 9.72 Å². The zero-order valence-corrected chi connectivity index (χ0v) is 18.1. The van der Waals surface area contributed by atoms with Gasteiger partial charge in [0, 0.05) is 16.3 Å². The average molecular weight is 482 g/mol. The molecule has 0 spiro atoms. The van der Waals surface area contributed by atoms with Gasteiger partial charge in [0.2, 0.25) is 5.88 Å². The highest BCUT2D eigenvalue weighted by Crippen LogP contribution is 2.28. The summed E-state index contributed by atoms with van der Waals surface area (Å²) in [6, 6.07) is 1.91. The fourth-order valence-corrected chi connectivity index (χ4v) is 3.32. The first-order chi connectivity index (χ1) is 12.9. The Kier molecular flexibility index (Phi) is 6.10. The minimum atomic E-state index is -0.255. The van der Waals surface area contributed by atoms with Gasteiger partial charge in [-0.1, -0.05) is 6.92 Å². The molecular formula is C18H23IN6O2. The lowest BCUT2D eigenvalue weighted by Gasteiger charge is -2.11. The van der Waals surface area contributed by atoms with Gasteiger partial charge in [0.1, 0.15) is 11.3 Å². The van der Waals surface area contributed by atoms with E-state index >= 15 is 0 Å². The molecule has 3 aromatic rings. The number of nitrogens with zero attached hydrogens (tertiary/aromatic N) is 5. The van der Waals surface area contributed by atoms with Gasteiger partial charge in [-0.2, -0.15) is 5.10 Å². The zero-order valence-electron chi connectivity index (χ0n) is 15.9. The summed E-state index contributed by atoms with van der Waals surface area (Å²) in [5, 5.41) is 4.50. The Hall–Kier alpha value is -2.01. The molecule has 27 heavy (non-hydrogen) atoms. The fraction of sp³-hybridized carbons (Fsp3) is 0.444. The Bertz CT molecular complexity index is 1010. The van der Waals surface area contributed by atoms with E-state index < -0.39 is 0 Å². The molecule has 144 valence electrons. The number of aromatic amines is 1. The number of hydrogen-bond donors (Lipinski definition) is 1. The van der Waals surface area contributed by atoms with E-state index in [1.54, 1.807) is 6.20 Å². The molecule has 0 aliphatic rings. The number of likely N-dealkylation sites (N-methyl/N-ethyl adjacent to an activating group) is 1. The Balaban J connectivity index is 2.17. The number of aromatic nitrogens is 5. The molecule has 3 aromatic heterocycles. The second-order valence-corrected chi connectivity index (χ2v) is 7.62. The van der Waals surface area contributed by atoms with Crippen LogP contribution in [0.1, 0.15) is 19.5 Å². The predicted molar refractivity (Wildman–Crippen MR) is 113 cm³/mol. The van der Waals surface area contributed by atoms with Gasteiger partial charge in [0.05, 0.1) is 24.4 Å². The Morgan fingerprint density at radius 1 is 1.30 bits per heavy atom. The molecule has 9 heteroatoms. The van der Waals surface area contributed by atoms with Crippen LogP contribution in [0.2, 0.25) is 0 Å². The van der Waals surface area contributed by atoms with Crippen molar-refractivity contribution in [3.63, 3.8) is 0 Å². The van der Waals surface area contributed by atoms with Gasteiger partial charge in [-0.25, -0.2) is 9.97 Å². The smallest absolute Gasteiger partial charge is 0.279 e. The SMILES string of the molecule is CCOc1ncc(I)cc1-c1nc2c(CC)n(CCN(C)C)nc2c(=O)[nH]1. The number of hydrogen-bond acceptors (Lipinski definition) is 6. The third-order valence-corrected chi connectivity index (χ3v) is 4.74. The zero-order chi connectivity index (χ0) is 19.6. The minimum Gasteiger partial charge on any atom is -0.477 e. The second kappa shape index (κ2) is 8.34. The first-order valence-electron chi connectivity index (χ1n) is 8.87. The summed E-state index contributed by atoms with van der Waals surface area (Å²) in [4.78, 5) is 26.7. The van der Waals surface area contributed by atoms with Gasteiger partial charge in [-0.15, -0.1) is 0 Å². The monoisotopic (exact) mass is 482 g/mol. The molecule has 1 N–H and O–H groups in total. The summed E-state index contributed by atoms with van der Waals surface area (Å²) in [6.07, 6.45) is 2.46. The summed E-state index contributed by atoms with van der Waals surface area (Å²) in [5.41, 5.74) is 2.37. The molecular weight excluding hydrogens is 459 g/mol. The van der Waals surface area contributed by atoms with Crippen molar-refractivity contribution in [1.82, 2.24) is 29.6 Å². The first kappa shape index (κ1) is 19.7. The molecule has 0 aliphatic carbocycles. The second-order valence-electron chi connectivity index (χ2n) is 6.38. The minimum absolute atomic E-state index is 0.255. The topological polar surface area (TPSA) is 88.9 Å². The van der Waals surface area contributed by atoms with Gasteiger partial charge in [0.15, 0.2) is 5.52 Å². The number of ether oxygens (including phenoxy) is 1. The van der Waals surface area contributed by atoms with E-state index in [1.807, 2.05) is 38.7 Å². The van der Waals surface area contributed by atoms with Crippen molar-refractivity contribution in [1.29, 1.82) is 0 Å². The van der Waals surface area contributed by atoms with E-state index in [1.165, 1.54) is 0 Å². The van der Waals surface area contributed by atoms with Crippen LogP contribution in [0.4, 0.5) is 0 Å². The van der Waals surface area contributed by atoms with Crippen LogP contribution in [-0.2, 0) is 13.0 Å². The van der Waals surface area contributed by atoms with Gasteiger partial charge >= 0.3 is 0 Å². The summed E-state index contributed by atoms with van der Waals surface area (Å²) >= 11 is 2.18. The standard InChI is InChI=1S/C18H23IN6O2/c1-5-13-14-15(23-25(13)8-7-24(3)4)17(26)22-16(21-14)12-9-11(19)10-20-18(12)27-6-2/h9-10H,5-8H2,1-4H3,(H,21,22,26). The molecule has 0 radical (unpaired) electrons. The third-order valence-electron chi connectivity index (χ3n) is 4.15. The normalized spacial score (nSPS) is 11.5. The van der Waals surface area contributed by atoms with E-state index in [2.05, 4.69) is 42.6 Å². The van der Waals surface area contributed by atoms with Crippen molar-refractivity contribution < 1.29 is 4.74 Å². The Morgan fingerprint density at radius 3 is 2.74 bits per heavy atom. The predicted octanol–water partition coefficient (Wildman–Crippen LogP) is 2.31. The molecule has 0 saturated heterocycles. The molecule has 3 rings (SSSR count). The lowest BCUT2D eigenvalue weighted by atomic mass is 10.2. The van der Waals surface area contributed by atoms with E-state index in [-0.39, 0.29) is 5.56 Å². The average Bonchev–Trinajstić information content (AvgIpc) is 2.99. The number of aryl methyl sites for hydroxylation is 1. The largest absolute Gasteiger partial charge is 0.477 e. The lowest BCUT2D eigenvalue weighted by molar-refractivity contribution is 0.328. The molecule has 0 aliphatic heterocycles. The van der Waals surface area contributed by atoms with Gasteiger partial charge in [-0.05, 0) is 56.1 Å². The van der Waals surface area contributed by atoms with Crippen molar-refractivity contribution in [3.05, 3.63) is 31.9 Å². The van der Waals surface area contributed by atoms with Crippen LogP contribution >= 0.6 is 22.6 Å². The molecule has 0 amide bonds. The van der Waals surface area contributed by atoms with Crippen LogP contribution in [0.5, 0.6) is 5.88 Å². The fourth-order valence-electron chi connectivity index (χ4n) is 2.87. The highest BCUT2D eigenvalue weighted by atomic mass is 127. The van der Waals surface area contributed by atoms with Gasteiger partial charge in [-0.3, -0.25) is 9.48 Å². The maximum atomic E-state index is 12.7. The van der Waals surface area contributed by atoms with Crippen LogP contribution in [0.3, 0.4) is 0 Å². The summed E-state index contributed by atoms with van der Waals surface area (Å²) < 4.78 is 8.44. The molecule has 0 atom stereocenters. The number of nitrogens with one attached hydrogen (secondary N) is 1. The number of rotatable bonds is 7. The van der Waals surface area contributed by atoms with Crippen LogP contribution < -0.4 is 10.3 Å². The third kappa shape index (κ3) is 4.13. The number of pyridine rings is 1. The molecule has 0 fully saturated rings. The van der Waals surface area contributed by atoms with Crippen LogP contribution in [0.25, 0.3) is 22.4 Å². The highest BCUT2D eigenvalue weighted by molar-refractivity contribution is 14.1. The summed E-state index contributed by atoms with van der Waals surface area (Å²) in [5.74, 6) is 0.905. The van der Waals surface area contributed by atoms with Gasteiger partial charge < -0.3 is 14.6 Å². The maximum Gasteiger partial charge on any atom is 0.279 e.